The van der Waals surface area contributed by atoms with Crippen LogP contribution in [0.15, 0.2) is 18.3 Å². The molecule has 1 rings (SSSR count). The van der Waals surface area contributed by atoms with Crippen LogP contribution in [0.25, 0.3) is 0 Å². The van der Waals surface area contributed by atoms with Gasteiger partial charge in [0.05, 0.1) is 38.3 Å². The van der Waals surface area contributed by atoms with Gasteiger partial charge >= 0.3 is 0 Å². The Morgan fingerprint density at radius 3 is 2.76 bits per heavy atom. The minimum absolute atomic E-state index is 0.625. The quantitative estimate of drug-likeness (QED) is 0.664. The maximum atomic E-state index is 5.33. The molecule has 0 aliphatic carbocycles. The van der Waals surface area contributed by atoms with E-state index in [1.54, 1.807) is 13.3 Å². The normalized spacial score (nSPS) is 10.2. The van der Waals surface area contributed by atoms with Crippen molar-refractivity contribution in [3.8, 4) is 5.88 Å². The van der Waals surface area contributed by atoms with Crippen molar-refractivity contribution < 1.29 is 14.2 Å². The molecule has 5 nitrogen and oxygen atoms in total. The second kappa shape index (κ2) is 8.78. The molecule has 0 saturated carbocycles. The molecule has 96 valence electrons. The molecule has 0 radical (unpaired) electrons. The summed E-state index contributed by atoms with van der Waals surface area (Å²) >= 11 is 0. The van der Waals surface area contributed by atoms with Crippen LogP contribution in [0.3, 0.4) is 0 Å². The van der Waals surface area contributed by atoms with Gasteiger partial charge < -0.3 is 19.5 Å². The van der Waals surface area contributed by atoms with Crippen molar-refractivity contribution in [2.75, 3.05) is 45.4 Å². The van der Waals surface area contributed by atoms with Crippen molar-refractivity contribution in [1.29, 1.82) is 0 Å². The van der Waals surface area contributed by atoms with Crippen molar-refractivity contribution in [2.45, 2.75) is 6.92 Å². The van der Waals surface area contributed by atoms with E-state index < -0.39 is 0 Å². The number of aromatic nitrogens is 1. The number of rotatable bonds is 9. The van der Waals surface area contributed by atoms with Crippen molar-refractivity contribution in [2.24, 2.45) is 0 Å². The van der Waals surface area contributed by atoms with Gasteiger partial charge in [0.1, 0.15) is 0 Å². The standard InChI is InChI=1S/C12H20N2O3/c1-3-17-12-5-4-11(10-14-12)13-6-7-16-9-8-15-2/h4-5,10,13H,3,6-9H2,1-2H3. The third-order valence-electron chi connectivity index (χ3n) is 2.04. The highest BCUT2D eigenvalue weighted by Gasteiger charge is 1.95. The highest BCUT2D eigenvalue weighted by atomic mass is 16.5. The topological polar surface area (TPSA) is 52.6 Å². The predicted molar refractivity (Wildman–Crippen MR) is 66.6 cm³/mol. The first-order valence-electron chi connectivity index (χ1n) is 5.76. The van der Waals surface area contributed by atoms with Crippen LogP contribution in [0.1, 0.15) is 6.92 Å². The van der Waals surface area contributed by atoms with Crippen LogP contribution in [0.2, 0.25) is 0 Å². The maximum Gasteiger partial charge on any atom is 0.213 e. The summed E-state index contributed by atoms with van der Waals surface area (Å²) in [5.74, 6) is 0.648. The molecule has 1 aromatic heterocycles. The van der Waals surface area contributed by atoms with Crippen molar-refractivity contribution >= 4 is 5.69 Å². The summed E-state index contributed by atoms with van der Waals surface area (Å²) < 4.78 is 15.5. The second-order valence-electron chi connectivity index (χ2n) is 3.35. The van der Waals surface area contributed by atoms with Crippen molar-refractivity contribution in [3.05, 3.63) is 18.3 Å². The van der Waals surface area contributed by atoms with E-state index in [1.807, 2.05) is 19.1 Å². The number of hydrogen-bond acceptors (Lipinski definition) is 5. The summed E-state index contributed by atoms with van der Waals surface area (Å²) in [5, 5.41) is 3.21. The minimum Gasteiger partial charge on any atom is -0.478 e. The van der Waals surface area contributed by atoms with Gasteiger partial charge in [0, 0.05) is 19.7 Å². The molecule has 0 amide bonds. The molecule has 1 heterocycles. The van der Waals surface area contributed by atoms with E-state index in [4.69, 9.17) is 14.2 Å². The largest absolute Gasteiger partial charge is 0.478 e. The van der Waals surface area contributed by atoms with Crippen molar-refractivity contribution in [1.82, 2.24) is 4.98 Å². The summed E-state index contributed by atoms with van der Waals surface area (Å²) in [4.78, 5) is 4.15. The first-order valence-corrected chi connectivity index (χ1v) is 5.76. The number of ether oxygens (including phenoxy) is 3. The smallest absolute Gasteiger partial charge is 0.213 e. The fourth-order valence-corrected chi connectivity index (χ4v) is 1.23. The summed E-state index contributed by atoms with van der Waals surface area (Å²) in [6.45, 7) is 5.22. The van der Waals surface area contributed by atoms with E-state index in [0.717, 1.165) is 12.2 Å². The van der Waals surface area contributed by atoms with E-state index >= 15 is 0 Å². The Morgan fingerprint density at radius 1 is 1.24 bits per heavy atom. The molecule has 1 N–H and O–H groups in total. The Kier molecular flexibility index (Phi) is 7.09. The molecule has 0 spiro atoms. The van der Waals surface area contributed by atoms with Gasteiger partial charge in [-0.3, -0.25) is 0 Å². The molecule has 5 heteroatoms. The van der Waals surface area contributed by atoms with Gasteiger partial charge in [0.15, 0.2) is 0 Å². The Hall–Kier alpha value is -1.33. The Morgan fingerprint density at radius 2 is 2.12 bits per heavy atom. The van der Waals surface area contributed by atoms with Gasteiger partial charge in [-0.05, 0) is 13.0 Å². The number of hydrogen-bond donors (Lipinski definition) is 1. The van der Waals surface area contributed by atoms with Crippen LogP contribution in [0.5, 0.6) is 5.88 Å². The third-order valence-corrected chi connectivity index (χ3v) is 2.04. The molecule has 0 aliphatic heterocycles. The van der Waals surface area contributed by atoms with E-state index in [1.165, 1.54) is 0 Å². The highest BCUT2D eigenvalue weighted by Crippen LogP contribution is 2.10. The summed E-state index contributed by atoms with van der Waals surface area (Å²) in [5.41, 5.74) is 0.962. The first-order chi connectivity index (χ1) is 8.36. The van der Waals surface area contributed by atoms with Gasteiger partial charge in [-0.2, -0.15) is 0 Å². The van der Waals surface area contributed by atoms with Crippen LogP contribution in [-0.4, -0.2) is 45.1 Å². The molecule has 0 unspecified atom stereocenters. The van der Waals surface area contributed by atoms with Crippen LogP contribution in [0, 0.1) is 0 Å². The second-order valence-corrected chi connectivity index (χ2v) is 3.35. The molecule has 1 aromatic rings. The van der Waals surface area contributed by atoms with E-state index in [0.29, 0.717) is 32.3 Å². The maximum absolute atomic E-state index is 5.33. The average Bonchev–Trinajstić information content (AvgIpc) is 2.36. The number of methoxy groups -OCH3 is 1. The molecule has 0 aliphatic rings. The zero-order valence-corrected chi connectivity index (χ0v) is 10.4. The lowest BCUT2D eigenvalue weighted by molar-refractivity contribution is 0.0759. The number of nitrogens with one attached hydrogen (secondary N) is 1. The number of nitrogens with zero attached hydrogens (tertiary/aromatic N) is 1. The monoisotopic (exact) mass is 240 g/mol. The molecule has 0 atom stereocenters. The van der Waals surface area contributed by atoms with E-state index in [-0.39, 0.29) is 0 Å². The molecular formula is C12H20N2O3. The lowest BCUT2D eigenvalue weighted by atomic mass is 10.4. The van der Waals surface area contributed by atoms with E-state index in [2.05, 4.69) is 10.3 Å². The SMILES string of the molecule is CCOc1ccc(NCCOCCOC)cn1. The van der Waals surface area contributed by atoms with Gasteiger partial charge in [-0.25, -0.2) is 4.98 Å². The first kappa shape index (κ1) is 13.7. The fourth-order valence-electron chi connectivity index (χ4n) is 1.23. The lowest BCUT2D eigenvalue weighted by Gasteiger charge is -2.07. The Balaban J connectivity index is 2.14. The van der Waals surface area contributed by atoms with Gasteiger partial charge in [0.25, 0.3) is 0 Å². The molecule has 17 heavy (non-hydrogen) atoms. The Labute approximate surface area is 102 Å². The molecule has 0 aromatic carbocycles. The third kappa shape index (κ3) is 6.09. The summed E-state index contributed by atoms with van der Waals surface area (Å²) in [6, 6.07) is 3.78. The Bertz CT molecular complexity index is 290. The van der Waals surface area contributed by atoms with Crippen LogP contribution in [0.4, 0.5) is 5.69 Å². The zero-order valence-electron chi connectivity index (χ0n) is 10.4. The van der Waals surface area contributed by atoms with Crippen LogP contribution in [-0.2, 0) is 9.47 Å². The zero-order chi connectivity index (χ0) is 12.3. The molecular weight excluding hydrogens is 220 g/mol. The minimum atomic E-state index is 0.625. The summed E-state index contributed by atoms with van der Waals surface area (Å²) in [7, 11) is 1.66. The van der Waals surface area contributed by atoms with Gasteiger partial charge in [-0.1, -0.05) is 0 Å². The fraction of sp³-hybridized carbons (Fsp3) is 0.583. The predicted octanol–water partition coefficient (Wildman–Crippen LogP) is 1.56. The van der Waals surface area contributed by atoms with E-state index in [9.17, 15) is 0 Å². The lowest BCUT2D eigenvalue weighted by Crippen LogP contribution is -2.12. The van der Waals surface area contributed by atoms with Gasteiger partial charge in [0.2, 0.25) is 5.88 Å². The molecule has 0 fully saturated rings. The average molecular weight is 240 g/mol. The number of pyridine rings is 1. The summed E-state index contributed by atoms with van der Waals surface area (Å²) in [6.07, 6.45) is 1.75. The highest BCUT2D eigenvalue weighted by molar-refractivity contribution is 5.41. The number of anilines is 1. The molecule has 0 saturated heterocycles. The van der Waals surface area contributed by atoms with Crippen LogP contribution < -0.4 is 10.1 Å². The van der Waals surface area contributed by atoms with Crippen molar-refractivity contribution in [3.63, 3.8) is 0 Å². The van der Waals surface area contributed by atoms with Gasteiger partial charge in [-0.15, -0.1) is 0 Å². The van der Waals surface area contributed by atoms with Crippen LogP contribution >= 0.6 is 0 Å². The molecule has 0 bridgehead atoms.